The maximum absolute atomic E-state index is 11.8. The summed E-state index contributed by atoms with van der Waals surface area (Å²) in [4.78, 5) is 11.1. The molecule has 1 atom stereocenters. The third-order valence-electron chi connectivity index (χ3n) is 1.60. The molecule has 0 aliphatic heterocycles. The molecule has 1 unspecified atom stereocenters. The van der Waals surface area contributed by atoms with E-state index in [9.17, 15) is 9.36 Å². The smallest absolute Gasteiger partial charge is 0.407 e. The summed E-state index contributed by atoms with van der Waals surface area (Å²) < 4.78 is 25.8. The molecule has 0 saturated heterocycles. The van der Waals surface area contributed by atoms with Crippen molar-refractivity contribution in [3.63, 3.8) is 0 Å². The molecule has 0 bridgehead atoms. The van der Waals surface area contributed by atoms with Gasteiger partial charge in [0.25, 0.3) is 0 Å². The maximum Gasteiger partial charge on any atom is 0.407 e. The van der Waals surface area contributed by atoms with Crippen molar-refractivity contribution in [2.75, 3.05) is 26.7 Å². The molecule has 6 nitrogen and oxygen atoms in total. The van der Waals surface area contributed by atoms with Crippen molar-refractivity contribution < 1.29 is 23.1 Å². The number of ether oxygens (including phenoxy) is 1. The monoisotopic (exact) mass is 259 g/mol. The molecule has 0 aromatic rings. The Balaban J connectivity index is 4.48. The van der Waals surface area contributed by atoms with Crippen molar-refractivity contribution in [2.24, 2.45) is 0 Å². The first-order valence-corrected chi connectivity index (χ1v) is 6.39. The Morgan fingerprint density at radius 3 is 2.33 bits per heavy atom. The van der Waals surface area contributed by atoms with Gasteiger partial charge in [-0.3, -0.25) is 4.57 Å². The quantitative estimate of drug-likeness (QED) is 0.581. The Kier molecular flexibility index (Phi) is 6.92. The molecule has 0 aromatic carbocycles. The zero-order chi connectivity index (χ0) is 11.9. The van der Waals surface area contributed by atoms with E-state index in [2.05, 4.69) is 10.1 Å². The summed E-state index contributed by atoms with van der Waals surface area (Å²) in [7, 11) is -0.975. The van der Waals surface area contributed by atoms with Gasteiger partial charge in [-0.25, -0.2) is 4.79 Å². The van der Waals surface area contributed by atoms with Gasteiger partial charge < -0.3 is 19.1 Å². The SMILES string of the molecule is CCOC(=O)NC(CCl)P(=O)(OC)OC. The second-order valence-corrected chi connectivity index (χ2v) is 5.18. The summed E-state index contributed by atoms with van der Waals surface area (Å²) in [6.45, 7) is 1.87. The second kappa shape index (κ2) is 7.06. The van der Waals surface area contributed by atoms with Crippen LogP contribution in [-0.2, 0) is 18.3 Å². The van der Waals surface area contributed by atoms with E-state index in [1.54, 1.807) is 6.92 Å². The zero-order valence-corrected chi connectivity index (χ0v) is 10.5. The first-order chi connectivity index (χ1) is 7.03. The van der Waals surface area contributed by atoms with Crippen LogP contribution in [0, 0.1) is 0 Å². The van der Waals surface area contributed by atoms with Crippen molar-refractivity contribution in [3.8, 4) is 0 Å². The van der Waals surface area contributed by atoms with Gasteiger partial charge in [-0.05, 0) is 6.92 Å². The van der Waals surface area contributed by atoms with Crippen LogP contribution < -0.4 is 5.32 Å². The van der Waals surface area contributed by atoms with Gasteiger partial charge in [0.2, 0.25) is 0 Å². The first-order valence-electron chi connectivity index (χ1n) is 4.24. The number of alkyl carbamates (subject to hydrolysis) is 1. The Morgan fingerprint density at radius 1 is 1.47 bits per heavy atom. The Bertz CT molecular complexity index is 242. The van der Waals surface area contributed by atoms with Gasteiger partial charge in [-0.1, -0.05) is 0 Å². The van der Waals surface area contributed by atoms with Gasteiger partial charge in [0.1, 0.15) is 5.78 Å². The number of hydrogen-bond acceptors (Lipinski definition) is 5. The molecule has 1 N–H and O–H groups in total. The standard InChI is InChI=1S/C7H15ClNO5P/c1-4-14-7(10)9-6(5-8)15(11,12-2)13-3/h6H,4-5H2,1-3H3,(H,9,10). The summed E-state index contributed by atoms with van der Waals surface area (Å²) in [5.41, 5.74) is 0. The number of carbonyl (C=O) groups excluding carboxylic acids is 1. The number of carbonyl (C=O) groups is 1. The summed E-state index contributed by atoms with van der Waals surface area (Å²) in [6, 6.07) is 0. The van der Waals surface area contributed by atoms with Crippen LogP contribution >= 0.6 is 19.2 Å². The van der Waals surface area contributed by atoms with Crippen LogP contribution in [0.1, 0.15) is 6.92 Å². The molecule has 8 heteroatoms. The lowest BCUT2D eigenvalue weighted by Gasteiger charge is -2.22. The molecule has 0 aliphatic carbocycles. The predicted molar refractivity (Wildman–Crippen MR) is 56.3 cm³/mol. The van der Waals surface area contributed by atoms with E-state index in [4.69, 9.17) is 20.6 Å². The fourth-order valence-corrected chi connectivity index (χ4v) is 2.51. The van der Waals surface area contributed by atoms with Crippen LogP contribution in [0.25, 0.3) is 0 Å². The summed E-state index contributed by atoms with van der Waals surface area (Å²) >= 11 is 5.55. The van der Waals surface area contributed by atoms with Crippen molar-refractivity contribution in [1.29, 1.82) is 0 Å². The van der Waals surface area contributed by atoms with E-state index in [0.29, 0.717) is 0 Å². The van der Waals surface area contributed by atoms with Crippen LogP contribution in [0.3, 0.4) is 0 Å². The minimum absolute atomic E-state index is 0.0994. The minimum atomic E-state index is -3.41. The molecule has 0 rings (SSSR count). The number of rotatable bonds is 6. The van der Waals surface area contributed by atoms with Crippen LogP contribution in [0.4, 0.5) is 4.79 Å². The van der Waals surface area contributed by atoms with Crippen molar-refractivity contribution in [3.05, 3.63) is 0 Å². The van der Waals surface area contributed by atoms with Crippen molar-refractivity contribution in [2.45, 2.75) is 12.7 Å². The van der Waals surface area contributed by atoms with Crippen molar-refractivity contribution >= 4 is 25.3 Å². The lowest BCUT2D eigenvalue weighted by Crippen LogP contribution is -2.37. The van der Waals surface area contributed by atoms with Crippen LogP contribution in [0.5, 0.6) is 0 Å². The number of halogens is 1. The topological polar surface area (TPSA) is 73.9 Å². The molecular weight excluding hydrogens is 245 g/mol. The summed E-state index contributed by atoms with van der Waals surface area (Å²) in [6.07, 6.45) is -0.711. The largest absolute Gasteiger partial charge is 0.450 e. The zero-order valence-electron chi connectivity index (χ0n) is 8.86. The number of hydrogen-bond donors (Lipinski definition) is 1. The normalized spacial score (nSPS) is 13.3. The molecule has 0 heterocycles. The lowest BCUT2D eigenvalue weighted by molar-refractivity contribution is 0.149. The van der Waals surface area contributed by atoms with Crippen LogP contribution in [-0.4, -0.2) is 38.6 Å². The molecule has 90 valence electrons. The molecule has 0 spiro atoms. The summed E-state index contributed by atoms with van der Waals surface area (Å²) in [5.74, 6) is -1.02. The van der Waals surface area contributed by atoms with Gasteiger partial charge in [0.15, 0.2) is 0 Å². The number of nitrogens with one attached hydrogen (secondary N) is 1. The highest BCUT2D eigenvalue weighted by Gasteiger charge is 2.35. The minimum Gasteiger partial charge on any atom is -0.450 e. The molecule has 0 aromatic heterocycles. The highest BCUT2D eigenvalue weighted by atomic mass is 35.5. The van der Waals surface area contributed by atoms with E-state index in [-0.39, 0.29) is 12.5 Å². The third kappa shape index (κ3) is 4.38. The van der Waals surface area contributed by atoms with Gasteiger partial charge in [-0.15, -0.1) is 11.6 Å². The fourth-order valence-electron chi connectivity index (χ4n) is 0.840. The maximum atomic E-state index is 11.8. The average Bonchev–Trinajstić information content (AvgIpc) is 2.25. The molecule has 15 heavy (non-hydrogen) atoms. The highest BCUT2D eigenvalue weighted by molar-refractivity contribution is 7.54. The van der Waals surface area contributed by atoms with Gasteiger partial charge in [-0.2, -0.15) is 0 Å². The van der Waals surface area contributed by atoms with Gasteiger partial charge in [0, 0.05) is 14.2 Å². The van der Waals surface area contributed by atoms with Crippen LogP contribution in [0.15, 0.2) is 0 Å². The van der Waals surface area contributed by atoms with E-state index in [1.165, 1.54) is 14.2 Å². The Morgan fingerprint density at radius 2 is 2.00 bits per heavy atom. The molecule has 0 radical (unpaired) electrons. The molecule has 1 amide bonds. The molecule has 0 saturated carbocycles. The Labute approximate surface area is 93.7 Å². The van der Waals surface area contributed by atoms with E-state index in [1.807, 2.05) is 0 Å². The molecule has 0 aliphatic rings. The fraction of sp³-hybridized carbons (Fsp3) is 0.857. The van der Waals surface area contributed by atoms with Gasteiger partial charge >= 0.3 is 13.7 Å². The average molecular weight is 260 g/mol. The van der Waals surface area contributed by atoms with E-state index < -0.39 is 19.5 Å². The van der Waals surface area contributed by atoms with E-state index in [0.717, 1.165) is 0 Å². The number of amides is 1. The number of alkyl halides is 1. The van der Waals surface area contributed by atoms with E-state index >= 15 is 0 Å². The van der Waals surface area contributed by atoms with Gasteiger partial charge in [0.05, 0.1) is 12.5 Å². The van der Waals surface area contributed by atoms with Crippen molar-refractivity contribution in [1.82, 2.24) is 5.32 Å². The molecular formula is C7H15ClNO5P. The lowest BCUT2D eigenvalue weighted by atomic mass is 10.7. The molecule has 0 fully saturated rings. The Hall–Kier alpha value is -0.290. The third-order valence-corrected chi connectivity index (χ3v) is 4.21. The predicted octanol–water partition coefficient (Wildman–Crippen LogP) is 1.78. The highest BCUT2D eigenvalue weighted by Crippen LogP contribution is 2.50. The van der Waals surface area contributed by atoms with Crippen LogP contribution in [0.2, 0.25) is 0 Å². The first kappa shape index (κ1) is 14.7. The second-order valence-electron chi connectivity index (χ2n) is 2.44. The summed E-state index contributed by atoms with van der Waals surface area (Å²) in [5, 5.41) is 2.30.